The molecule has 1 aromatic heterocycles. The predicted molar refractivity (Wildman–Crippen MR) is 68.7 cm³/mol. The van der Waals surface area contributed by atoms with Gasteiger partial charge in [0.1, 0.15) is 6.04 Å². The fourth-order valence-corrected chi connectivity index (χ4v) is 3.96. The van der Waals surface area contributed by atoms with Crippen LogP contribution in [0.5, 0.6) is 0 Å². The third kappa shape index (κ3) is 2.16. The molecule has 0 radical (unpaired) electrons. The molecule has 20 heavy (non-hydrogen) atoms. The molecular formula is C10H15N5O4S. The van der Waals surface area contributed by atoms with Crippen molar-refractivity contribution in [3.05, 3.63) is 6.33 Å². The van der Waals surface area contributed by atoms with Gasteiger partial charge in [-0.3, -0.25) is 14.9 Å². The standard InChI is InChI=1S/C10H15N5O4S/c1-3-6-9(17)13-7(16)4-15(6)20(18,19)10-8(11)12-5-14(10)2/h5-6H,3-4,11H2,1-2H3,(H,13,16,17). The van der Waals surface area contributed by atoms with Crippen LogP contribution in [0.25, 0.3) is 0 Å². The van der Waals surface area contributed by atoms with Crippen LogP contribution in [-0.4, -0.2) is 46.7 Å². The highest BCUT2D eigenvalue weighted by Gasteiger charge is 2.42. The number of rotatable bonds is 3. The Hall–Kier alpha value is -1.94. The molecule has 1 atom stereocenters. The lowest BCUT2D eigenvalue weighted by Crippen LogP contribution is -2.59. The Morgan fingerprint density at radius 3 is 2.65 bits per heavy atom. The number of hydrogen-bond acceptors (Lipinski definition) is 6. The lowest BCUT2D eigenvalue weighted by molar-refractivity contribution is -0.137. The van der Waals surface area contributed by atoms with Crippen molar-refractivity contribution in [2.75, 3.05) is 12.3 Å². The quantitative estimate of drug-likeness (QED) is 0.649. The van der Waals surface area contributed by atoms with Gasteiger partial charge in [-0.1, -0.05) is 6.92 Å². The molecule has 1 unspecified atom stereocenters. The van der Waals surface area contributed by atoms with Gasteiger partial charge in [0, 0.05) is 7.05 Å². The van der Waals surface area contributed by atoms with Crippen LogP contribution < -0.4 is 11.1 Å². The number of carbonyl (C=O) groups is 2. The smallest absolute Gasteiger partial charge is 0.263 e. The highest BCUT2D eigenvalue weighted by atomic mass is 32.2. The number of carbonyl (C=O) groups excluding carboxylic acids is 2. The molecule has 1 aliphatic rings. The average Bonchev–Trinajstić information content (AvgIpc) is 2.68. The molecule has 1 saturated heterocycles. The molecule has 0 spiro atoms. The highest BCUT2D eigenvalue weighted by Crippen LogP contribution is 2.24. The maximum absolute atomic E-state index is 12.6. The fraction of sp³-hybridized carbons (Fsp3) is 0.500. The van der Waals surface area contributed by atoms with Crippen molar-refractivity contribution in [3.63, 3.8) is 0 Å². The second-order valence-electron chi connectivity index (χ2n) is 4.43. The van der Waals surface area contributed by atoms with E-state index in [1.165, 1.54) is 17.9 Å². The lowest BCUT2D eigenvalue weighted by Gasteiger charge is -2.32. The van der Waals surface area contributed by atoms with E-state index < -0.39 is 34.4 Å². The molecule has 1 aromatic rings. The van der Waals surface area contributed by atoms with Crippen LogP contribution in [0.4, 0.5) is 5.82 Å². The maximum atomic E-state index is 12.6. The van der Waals surface area contributed by atoms with E-state index >= 15 is 0 Å². The van der Waals surface area contributed by atoms with E-state index in [0.717, 1.165) is 4.31 Å². The summed E-state index contributed by atoms with van der Waals surface area (Å²) >= 11 is 0. The van der Waals surface area contributed by atoms with Gasteiger partial charge in [-0.15, -0.1) is 0 Å². The number of nitrogens with two attached hydrogens (primary N) is 1. The van der Waals surface area contributed by atoms with Crippen LogP contribution in [0.2, 0.25) is 0 Å². The van der Waals surface area contributed by atoms with Gasteiger partial charge in [0.25, 0.3) is 10.0 Å². The van der Waals surface area contributed by atoms with Gasteiger partial charge >= 0.3 is 0 Å². The van der Waals surface area contributed by atoms with Crippen molar-refractivity contribution in [1.29, 1.82) is 0 Å². The van der Waals surface area contributed by atoms with Crippen LogP contribution in [0.1, 0.15) is 13.3 Å². The SMILES string of the molecule is CCC1C(=O)NC(=O)CN1S(=O)(=O)c1c(N)ncn1C. The summed E-state index contributed by atoms with van der Waals surface area (Å²) in [4.78, 5) is 26.9. The summed E-state index contributed by atoms with van der Waals surface area (Å²) in [7, 11) is -2.60. The summed E-state index contributed by atoms with van der Waals surface area (Å²) in [6.45, 7) is 1.24. The third-order valence-corrected chi connectivity index (χ3v) is 5.05. The van der Waals surface area contributed by atoms with Gasteiger partial charge in [-0.05, 0) is 6.42 Å². The van der Waals surface area contributed by atoms with Crippen molar-refractivity contribution >= 4 is 27.7 Å². The number of amides is 2. The zero-order valence-electron chi connectivity index (χ0n) is 11.0. The van der Waals surface area contributed by atoms with E-state index in [1.807, 2.05) is 0 Å². The van der Waals surface area contributed by atoms with E-state index in [1.54, 1.807) is 6.92 Å². The zero-order chi connectivity index (χ0) is 15.1. The molecule has 2 heterocycles. The molecule has 0 aliphatic carbocycles. The number of nitrogen functional groups attached to an aromatic ring is 1. The van der Waals surface area contributed by atoms with Gasteiger partial charge in [0.05, 0.1) is 12.9 Å². The molecule has 10 heteroatoms. The Labute approximate surface area is 115 Å². The Balaban J connectivity index is 2.52. The van der Waals surface area contributed by atoms with Gasteiger partial charge < -0.3 is 10.3 Å². The molecule has 9 nitrogen and oxygen atoms in total. The molecule has 3 N–H and O–H groups in total. The summed E-state index contributed by atoms with van der Waals surface area (Å²) in [5, 5.41) is 1.90. The number of nitrogens with zero attached hydrogens (tertiary/aromatic N) is 3. The van der Waals surface area contributed by atoms with Crippen molar-refractivity contribution in [3.8, 4) is 0 Å². The second kappa shape index (κ2) is 4.87. The topological polar surface area (TPSA) is 127 Å². The summed E-state index contributed by atoms with van der Waals surface area (Å²) in [6.07, 6.45) is 1.51. The molecule has 2 amide bonds. The van der Waals surface area contributed by atoms with E-state index in [-0.39, 0.29) is 17.3 Å². The monoisotopic (exact) mass is 301 g/mol. The van der Waals surface area contributed by atoms with Gasteiger partial charge in [0.15, 0.2) is 10.8 Å². The first-order chi connectivity index (χ1) is 9.28. The van der Waals surface area contributed by atoms with Gasteiger partial charge in [-0.25, -0.2) is 13.4 Å². The molecule has 110 valence electrons. The first-order valence-electron chi connectivity index (χ1n) is 5.91. The summed E-state index contributed by atoms with van der Waals surface area (Å²) < 4.78 is 27.3. The average molecular weight is 301 g/mol. The van der Waals surface area contributed by atoms with Crippen LogP contribution in [0.3, 0.4) is 0 Å². The number of anilines is 1. The number of aryl methyl sites for hydroxylation is 1. The van der Waals surface area contributed by atoms with E-state index in [0.29, 0.717) is 0 Å². The minimum Gasteiger partial charge on any atom is -0.381 e. The van der Waals surface area contributed by atoms with Crippen molar-refractivity contribution in [1.82, 2.24) is 19.2 Å². The van der Waals surface area contributed by atoms with Gasteiger partial charge in [-0.2, -0.15) is 4.31 Å². The Morgan fingerprint density at radius 2 is 2.15 bits per heavy atom. The normalized spacial score (nSPS) is 21.0. The molecule has 1 fully saturated rings. The summed E-state index contributed by atoms with van der Waals surface area (Å²) in [5.41, 5.74) is 5.57. The van der Waals surface area contributed by atoms with E-state index in [2.05, 4.69) is 10.3 Å². The molecule has 2 rings (SSSR count). The molecule has 0 saturated carbocycles. The molecule has 0 aromatic carbocycles. The minimum atomic E-state index is -4.08. The van der Waals surface area contributed by atoms with Gasteiger partial charge in [0.2, 0.25) is 11.8 Å². The molecular weight excluding hydrogens is 286 g/mol. The molecule has 0 bridgehead atoms. The van der Waals surface area contributed by atoms with Crippen LogP contribution >= 0.6 is 0 Å². The summed E-state index contributed by atoms with van der Waals surface area (Å²) in [5.74, 6) is -1.46. The predicted octanol–water partition coefficient (Wildman–Crippen LogP) is -1.57. The number of imidazole rings is 1. The number of sulfonamides is 1. The first-order valence-corrected chi connectivity index (χ1v) is 7.35. The van der Waals surface area contributed by atoms with Crippen LogP contribution in [0.15, 0.2) is 11.4 Å². The third-order valence-electron chi connectivity index (χ3n) is 3.06. The largest absolute Gasteiger partial charge is 0.381 e. The maximum Gasteiger partial charge on any atom is 0.263 e. The van der Waals surface area contributed by atoms with Crippen LogP contribution in [0, 0.1) is 0 Å². The number of imide groups is 1. The Bertz CT molecular complexity index is 646. The van der Waals surface area contributed by atoms with Crippen molar-refractivity contribution in [2.45, 2.75) is 24.4 Å². The Morgan fingerprint density at radius 1 is 1.50 bits per heavy atom. The molecule has 1 aliphatic heterocycles. The highest BCUT2D eigenvalue weighted by molar-refractivity contribution is 7.89. The van der Waals surface area contributed by atoms with Crippen LogP contribution in [-0.2, 0) is 26.7 Å². The number of aromatic nitrogens is 2. The first kappa shape index (κ1) is 14.5. The lowest BCUT2D eigenvalue weighted by atomic mass is 10.2. The fourth-order valence-electron chi connectivity index (χ4n) is 2.15. The number of piperazine rings is 1. The van der Waals surface area contributed by atoms with Crippen molar-refractivity contribution in [2.24, 2.45) is 7.05 Å². The van der Waals surface area contributed by atoms with Crippen molar-refractivity contribution < 1.29 is 18.0 Å². The van der Waals surface area contributed by atoms with E-state index in [4.69, 9.17) is 5.73 Å². The number of hydrogen-bond donors (Lipinski definition) is 2. The second-order valence-corrected chi connectivity index (χ2v) is 6.24. The minimum absolute atomic E-state index is 0.166. The number of nitrogens with one attached hydrogen (secondary N) is 1. The Kier molecular flexibility index (Phi) is 3.52. The zero-order valence-corrected chi connectivity index (χ0v) is 11.8. The summed E-state index contributed by atoms with van der Waals surface area (Å²) in [6, 6.07) is -0.938. The van der Waals surface area contributed by atoms with E-state index in [9.17, 15) is 18.0 Å².